The number of hydrogen-bond donors (Lipinski definition) is 3. The maximum atomic E-state index is 13.0. The Morgan fingerprint density at radius 2 is 2.00 bits per heavy atom. The third-order valence-corrected chi connectivity index (χ3v) is 2.51. The number of nitrogens with zero attached hydrogens (tertiary/aromatic N) is 3. The lowest BCUT2D eigenvalue weighted by atomic mass is 10.1. The Hall–Kier alpha value is -2.97. The molecular formula is C13H11F3N6. The number of pyridine rings is 1. The van der Waals surface area contributed by atoms with Gasteiger partial charge in [-0.05, 0) is 30.3 Å². The highest BCUT2D eigenvalue weighted by Crippen LogP contribution is 2.26. The van der Waals surface area contributed by atoms with Gasteiger partial charge < -0.3 is 16.5 Å². The molecule has 2 rings (SSSR count). The zero-order valence-corrected chi connectivity index (χ0v) is 11.1. The molecule has 9 heteroatoms. The van der Waals surface area contributed by atoms with Crippen LogP contribution < -0.4 is 11.1 Å². The molecule has 4 N–H and O–H groups in total. The van der Waals surface area contributed by atoms with E-state index in [1.807, 2.05) is 0 Å². The van der Waals surface area contributed by atoms with Crippen molar-refractivity contribution in [2.24, 2.45) is 0 Å². The van der Waals surface area contributed by atoms with Crippen molar-refractivity contribution in [3.63, 3.8) is 0 Å². The average Bonchev–Trinajstić information content (AvgIpc) is 2.48. The molecule has 0 saturated carbocycles. The summed E-state index contributed by atoms with van der Waals surface area (Å²) in [5, 5.41) is 16.8. The molecule has 0 bridgehead atoms. The minimum absolute atomic E-state index is 0.0891. The van der Waals surface area contributed by atoms with Crippen molar-refractivity contribution >= 4 is 17.3 Å². The summed E-state index contributed by atoms with van der Waals surface area (Å²) in [6.45, 7) is 0. The van der Waals surface area contributed by atoms with Gasteiger partial charge in [0.05, 0.1) is 5.71 Å². The van der Waals surface area contributed by atoms with E-state index in [-0.39, 0.29) is 22.9 Å². The topological polar surface area (TPSA) is 101 Å². The van der Waals surface area contributed by atoms with Gasteiger partial charge in [-0.25, -0.2) is 0 Å². The molecule has 0 aliphatic carbocycles. The Labute approximate surface area is 123 Å². The van der Waals surface area contributed by atoms with Gasteiger partial charge >= 0.3 is 6.18 Å². The molecule has 0 radical (unpaired) electrons. The standard InChI is InChI=1S/C13H11F3N6/c14-13(15,16)10(20-12-4-3-11(18)21-22-12)6-9(17)8-2-1-5-19-7-8/h1-7,17H,(H2,18,21)(H,20,22)/b10-6-,17-9?. The molecule has 2 heterocycles. The normalized spacial score (nSPS) is 12.0. The Morgan fingerprint density at radius 1 is 1.23 bits per heavy atom. The molecule has 0 saturated heterocycles. The minimum atomic E-state index is -4.68. The highest BCUT2D eigenvalue weighted by Gasteiger charge is 2.34. The van der Waals surface area contributed by atoms with Crippen LogP contribution in [0.1, 0.15) is 5.56 Å². The van der Waals surface area contributed by atoms with E-state index in [2.05, 4.69) is 20.5 Å². The van der Waals surface area contributed by atoms with Crippen LogP contribution in [0.25, 0.3) is 0 Å². The zero-order chi connectivity index (χ0) is 16.2. The molecule has 0 aliphatic heterocycles. The SMILES string of the molecule is N=C(/C=C(\Nc1ccc(N)nn1)C(F)(F)F)c1cccnc1. The summed E-state index contributed by atoms with van der Waals surface area (Å²) in [4.78, 5) is 3.76. The molecule has 0 spiro atoms. The third-order valence-electron chi connectivity index (χ3n) is 2.51. The Morgan fingerprint density at radius 3 is 2.55 bits per heavy atom. The second-order valence-corrected chi connectivity index (χ2v) is 4.18. The molecule has 22 heavy (non-hydrogen) atoms. The zero-order valence-electron chi connectivity index (χ0n) is 11.1. The first-order chi connectivity index (χ1) is 10.4. The minimum Gasteiger partial charge on any atom is -0.382 e. The Balaban J connectivity index is 2.28. The van der Waals surface area contributed by atoms with E-state index in [1.54, 1.807) is 0 Å². The van der Waals surface area contributed by atoms with Gasteiger partial charge in [-0.15, -0.1) is 10.2 Å². The summed E-state index contributed by atoms with van der Waals surface area (Å²) in [5.74, 6) is -0.0389. The van der Waals surface area contributed by atoms with E-state index in [0.717, 1.165) is 0 Å². The van der Waals surface area contributed by atoms with Crippen molar-refractivity contribution in [3.8, 4) is 0 Å². The van der Waals surface area contributed by atoms with E-state index < -0.39 is 11.9 Å². The predicted octanol–water partition coefficient (Wildman–Crippen LogP) is 2.38. The van der Waals surface area contributed by atoms with Crippen LogP contribution in [0.2, 0.25) is 0 Å². The highest BCUT2D eigenvalue weighted by molar-refractivity contribution is 6.06. The van der Waals surface area contributed by atoms with E-state index in [1.165, 1.54) is 36.7 Å². The summed E-state index contributed by atoms with van der Waals surface area (Å²) in [7, 11) is 0. The number of hydrogen-bond acceptors (Lipinski definition) is 6. The number of aromatic nitrogens is 3. The monoisotopic (exact) mass is 308 g/mol. The van der Waals surface area contributed by atoms with Crippen LogP contribution in [0.15, 0.2) is 48.4 Å². The Kier molecular flexibility index (Phi) is 4.35. The average molecular weight is 308 g/mol. The lowest BCUT2D eigenvalue weighted by Crippen LogP contribution is -2.21. The summed E-state index contributed by atoms with van der Waals surface area (Å²) >= 11 is 0. The lowest BCUT2D eigenvalue weighted by Gasteiger charge is -2.13. The molecule has 0 amide bonds. The van der Waals surface area contributed by atoms with E-state index >= 15 is 0 Å². The first-order valence-corrected chi connectivity index (χ1v) is 6.00. The van der Waals surface area contributed by atoms with E-state index in [0.29, 0.717) is 6.08 Å². The fraction of sp³-hybridized carbons (Fsp3) is 0.0769. The summed E-state index contributed by atoms with van der Waals surface area (Å²) in [6.07, 6.45) is -1.25. The maximum Gasteiger partial charge on any atom is 0.431 e. The van der Waals surface area contributed by atoms with Gasteiger partial charge in [0.1, 0.15) is 11.5 Å². The fourth-order valence-electron chi connectivity index (χ4n) is 1.49. The number of rotatable bonds is 4. The first-order valence-electron chi connectivity index (χ1n) is 6.00. The molecule has 114 valence electrons. The lowest BCUT2D eigenvalue weighted by molar-refractivity contribution is -0.0901. The highest BCUT2D eigenvalue weighted by atomic mass is 19.4. The van der Waals surface area contributed by atoms with Gasteiger partial charge in [0, 0.05) is 18.0 Å². The van der Waals surface area contributed by atoms with Gasteiger partial charge in [0.15, 0.2) is 5.82 Å². The molecule has 2 aromatic rings. The first kappa shape index (κ1) is 15.4. The molecular weight excluding hydrogens is 297 g/mol. The van der Waals surface area contributed by atoms with Gasteiger partial charge in [-0.1, -0.05) is 0 Å². The van der Waals surface area contributed by atoms with Crippen LogP contribution in [-0.4, -0.2) is 27.1 Å². The van der Waals surface area contributed by atoms with Crippen LogP contribution in [0.4, 0.5) is 24.8 Å². The van der Waals surface area contributed by atoms with Gasteiger partial charge in [-0.3, -0.25) is 4.98 Å². The van der Waals surface area contributed by atoms with Crippen molar-refractivity contribution in [2.75, 3.05) is 11.1 Å². The smallest absolute Gasteiger partial charge is 0.382 e. The van der Waals surface area contributed by atoms with Crippen molar-refractivity contribution in [1.82, 2.24) is 15.2 Å². The van der Waals surface area contributed by atoms with Crippen molar-refractivity contribution in [3.05, 3.63) is 54.0 Å². The van der Waals surface area contributed by atoms with Crippen LogP contribution in [0.3, 0.4) is 0 Å². The predicted molar refractivity (Wildman–Crippen MR) is 75.3 cm³/mol. The summed E-state index contributed by atoms with van der Waals surface area (Å²) < 4.78 is 39.1. The molecule has 0 aromatic carbocycles. The van der Waals surface area contributed by atoms with Crippen LogP contribution >= 0.6 is 0 Å². The molecule has 2 aromatic heterocycles. The van der Waals surface area contributed by atoms with E-state index in [4.69, 9.17) is 11.1 Å². The summed E-state index contributed by atoms with van der Waals surface area (Å²) in [6, 6.07) is 5.60. The van der Waals surface area contributed by atoms with Gasteiger partial charge in [0.25, 0.3) is 0 Å². The molecule has 0 aliphatic rings. The van der Waals surface area contributed by atoms with Crippen molar-refractivity contribution < 1.29 is 13.2 Å². The van der Waals surface area contributed by atoms with Crippen molar-refractivity contribution in [2.45, 2.75) is 6.18 Å². The molecule has 0 atom stereocenters. The number of alkyl halides is 3. The number of halogens is 3. The summed E-state index contributed by atoms with van der Waals surface area (Å²) in [5.41, 5.74) is 4.10. The second-order valence-electron chi connectivity index (χ2n) is 4.18. The van der Waals surface area contributed by atoms with Crippen LogP contribution in [0, 0.1) is 5.41 Å². The Bertz CT molecular complexity index is 679. The van der Waals surface area contributed by atoms with Crippen LogP contribution in [0.5, 0.6) is 0 Å². The fourth-order valence-corrected chi connectivity index (χ4v) is 1.49. The molecule has 6 nitrogen and oxygen atoms in total. The number of nitrogens with one attached hydrogen (secondary N) is 2. The largest absolute Gasteiger partial charge is 0.431 e. The third kappa shape index (κ3) is 4.01. The molecule has 0 fully saturated rings. The number of nitrogen functional groups attached to an aromatic ring is 1. The number of nitrogens with two attached hydrogens (primary N) is 1. The van der Waals surface area contributed by atoms with Gasteiger partial charge in [-0.2, -0.15) is 13.2 Å². The van der Waals surface area contributed by atoms with Crippen molar-refractivity contribution in [1.29, 1.82) is 5.41 Å². The van der Waals surface area contributed by atoms with E-state index in [9.17, 15) is 13.2 Å². The molecule has 0 unspecified atom stereocenters. The van der Waals surface area contributed by atoms with Gasteiger partial charge in [0.2, 0.25) is 0 Å². The maximum absolute atomic E-state index is 13.0. The second kappa shape index (κ2) is 6.20. The number of allylic oxidation sites excluding steroid dienone is 2. The quantitative estimate of drug-likeness (QED) is 0.753. The van der Waals surface area contributed by atoms with Crippen LogP contribution in [-0.2, 0) is 0 Å². The number of anilines is 2.